The molecule has 1 saturated carbocycles. The van der Waals surface area contributed by atoms with Gasteiger partial charge in [-0.3, -0.25) is 9.48 Å². The van der Waals surface area contributed by atoms with Gasteiger partial charge in [0.1, 0.15) is 0 Å². The molecule has 2 rings (SSSR count). The van der Waals surface area contributed by atoms with Crippen molar-refractivity contribution in [1.29, 1.82) is 0 Å². The van der Waals surface area contributed by atoms with Gasteiger partial charge in [-0.15, -0.1) is 0 Å². The van der Waals surface area contributed by atoms with E-state index in [4.69, 9.17) is 0 Å². The molecule has 0 atom stereocenters. The summed E-state index contributed by atoms with van der Waals surface area (Å²) >= 11 is 0. The van der Waals surface area contributed by atoms with Crippen LogP contribution in [0.5, 0.6) is 0 Å². The highest BCUT2D eigenvalue weighted by Gasteiger charge is 2.20. The van der Waals surface area contributed by atoms with Crippen LogP contribution >= 0.6 is 0 Å². The van der Waals surface area contributed by atoms with Crippen LogP contribution < -0.4 is 5.32 Å². The zero-order valence-electron chi connectivity index (χ0n) is 9.07. The number of nitrogens with one attached hydrogen (secondary N) is 1. The second-order valence-electron chi connectivity index (χ2n) is 3.99. The van der Waals surface area contributed by atoms with Gasteiger partial charge < -0.3 is 5.32 Å². The quantitative estimate of drug-likeness (QED) is 0.714. The molecular formula is C11H17N3O. The van der Waals surface area contributed by atoms with Crippen LogP contribution in [-0.2, 0) is 6.54 Å². The van der Waals surface area contributed by atoms with Crippen molar-refractivity contribution in [3.63, 3.8) is 0 Å². The summed E-state index contributed by atoms with van der Waals surface area (Å²) in [6.45, 7) is 3.62. The SMILES string of the molecule is CCn1cc(C(=O)CCNC2CC2)cn1. The van der Waals surface area contributed by atoms with E-state index in [1.54, 1.807) is 10.9 Å². The summed E-state index contributed by atoms with van der Waals surface area (Å²) in [5, 5.41) is 7.42. The van der Waals surface area contributed by atoms with Crippen LogP contribution in [0, 0.1) is 0 Å². The van der Waals surface area contributed by atoms with Crippen molar-refractivity contribution >= 4 is 5.78 Å². The summed E-state index contributed by atoms with van der Waals surface area (Å²) in [5.41, 5.74) is 0.731. The summed E-state index contributed by atoms with van der Waals surface area (Å²) in [6, 6.07) is 0.677. The Kier molecular flexibility index (Phi) is 3.16. The molecular weight excluding hydrogens is 190 g/mol. The maximum atomic E-state index is 11.7. The van der Waals surface area contributed by atoms with Gasteiger partial charge in [0, 0.05) is 31.7 Å². The number of aromatic nitrogens is 2. The van der Waals surface area contributed by atoms with Crippen LogP contribution in [0.15, 0.2) is 12.4 Å². The first-order valence-corrected chi connectivity index (χ1v) is 5.58. The van der Waals surface area contributed by atoms with Gasteiger partial charge >= 0.3 is 0 Å². The molecule has 1 aromatic rings. The first-order valence-electron chi connectivity index (χ1n) is 5.58. The summed E-state index contributed by atoms with van der Waals surface area (Å²) in [7, 11) is 0. The Morgan fingerprint density at radius 2 is 2.47 bits per heavy atom. The molecule has 4 heteroatoms. The number of carbonyl (C=O) groups excluding carboxylic acids is 1. The maximum absolute atomic E-state index is 11.7. The molecule has 4 nitrogen and oxygen atoms in total. The van der Waals surface area contributed by atoms with E-state index in [0.29, 0.717) is 12.5 Å². The Balaban J connectivity index is 1.78. The minimum absolute atomic E-state index is 0.183. The van der Waals surface area contributed by atoms with Gasteiger partial charge in [0.25, 0.3) is 0 Å². The van der Waals surface area contributed by atoms with E-state index in [2.05, 4.69) is 10.4 Å². The van der Waals surface area contributed by atoms with Gasteiger partial charge in [0.15, 0.2) is 5.78 Å². The molecule has 0 unspecified atom stereocenters. The molecule has 1 aliphatic rings. The third kappa shape index (κ3) is 2.89. The predicted molar refractivity (Wildman–Crippen MR) is 57.9 cm³/mol. The highest BCUT2D eigenvalue weighted by atomic mass is 16.1. The Morgan fingerprint density at radius 1 is 1.67 bits per heavy atom. The Bertz CT molecular complexity index is 341. The van der Waals surface area contributed by atoms with Crippen molar-refractivity contribution in [1.82, 2.24) is 15.1 Å². The molecule has 82 valence electrons. The van der Waals surface area contributed by atoms with Crippen LogP contribution in [0.1, 0.15) is 36.5 Å². The molecule has 0 bridgehead atoms. The van der Waals surface area contributed by atoms with E-state index in [1.165, 1.54) is 12.8 Å². The topological polar surface area (TPSA) is 46.9 Å². The van der Waals surface area contributed by atoms with Crippen LogP contribution in [0.3, 0.4) is 0 Å². The molecule has 1 heterocycles. The molecule has 0 aliphatic heterocycles. The fourth-order valence-corrected chi connectivity index (χ4v) is 1.50. The molecule has 0 amide bonds. The number of ketones is 1. The van der Waals surface area contributed by atoms with E-state index in [0.717, 1.165) is 18.7 Å². The molecule has 1 N–H and O–H groups in total. The molecule has 1 fully saturated rings. The average molecular weight is 207 g/mol. The van der Waals surface area contributed by atoms with Crippen molar-refractivity contribution in [3.05, 3.63) is 18.0 Å². The minimum Gasteiger partial charge on any atom is -0.314 e. The van der Waals surface area contributed by atoms with E-state index in [-0.39, 0.29) is 5.78 Å². The number of hydrogen-bond acceptors (Lipinski definition) is 3. The largest absolute Gasteiger partial charge is 0.314 e. The second-order valence-corrected chi connectivity index (χ2v) is 3.99. The number of rotatable bonds is 6. The van der Waals surface area contributed by atoms with E-state index in [1.807, 2.05) is 13.1 Å². The average Bonchev–Trinajstić information content (AvgIpc) is 2.94. The molecule has 0 radical (unpaired) electrons. The van der Waals surface area contributed by atoms with Crippen LogP contribution in [-0.4, -0.2) is 28.2 Å². The summed E-state index contributed by atoms with van der Waals surface area (Å²) in [6.07, 6.45) is 6.58. The molecule has 1 aliphatic carbocycles. The lowest BCUT2D eigenvalue weighted by Gasteiger charge is -1.99. The number of Topliss-reactive ketones (excluding diaryl/α,β-unsaturated/α-hetero) is 1. The third-order valence-corrected chi connectivity index (χ3v) is 2.64. The van der Waals surface area contributed by atoms with Crippen molar-refractivity contribution in [2.75, 3.05) is 6.54 Å². The van der Waals surface area contributed by atoms with Crippen molar-refractivity contribution in [3.8, 4) is 0 Å². The van der Waals surface area contributed by atoms with Gasteiger partial charge in [-0.2, -0.15) is 5.10 Å². The number of hydrogen-bond donors (Lipinski definition) is 1. The normalized spacial score (nSPS) is 15.5. The van der Waals surface area contributed by atoms with E-state index < -0.39 is 0 Å². The fourth-order valence-electron chi connectivity index (χ4n) is 1.50. The standard InChI is InChI=1S/C11H17N3O/c1-2-14-8-9(7-13-14)11(15)5-6-12-10-3-4-10/h7-8,10,12H,2-6H2,1H3. The maximum Gasteiger partial charge on any atom is 0.167 e. The van der Waals surface area contributed by atoms with Gasteiger partial charge in [-0.1, -0.05) is 0 Å². The molecule has 1 aromatic heterocycles. The van der Waals surface area contributed by atoms with Gasteiger partial charge in [-0.05, 0) is 19.8 Å². The smallest absolute Gasteiger partial charge is 0.167 e. The zero-order valence-corrected chi connectivity index (χ0v) is 9.07. The number of carbonyl (C=O) groups is 1. The van der Waals surface area contributed by atoms with Crippen LogP contribution in [0.4, 0.5) is 0 Å². The zero-order chi connectivity index (χ0) is 10.7. The van der Waals surface area contributed by atoms with E-state index >= 15 is 0 Å². The first-order chi connectivity index (χ1) is 7.29. The lowest BCUT2D eigenvalue weighted by molar-refractivity contribution is 0.0982. The highest BCUT2D eigenvalue weighted by Crippen LogP contribution is 2.18. The Labute approximate surface area is 89.7 Å². The summed E-state index contributed by atoms with van der Waals surface area (Å²) < 4.78 is 1.78. The monoisotopic (exact) mass is 207 g/mol. The molecule has 0 spiro atoms. The van der Waals surface area contributed by atoms with Crippen LogP contribution in [0.25, 0.3) is 0 Å². The van der Waals surface area contributed by atoms with Crippen molar-refractivity contribution in [2.45, 2.75) is 38.8 Å². The molecule has 0 saturated heterocycles. The molecule has 0 aromatic carbocycles. The summed E-state index contributed by atoms with van der Waals surface area (Å²) in [5.74, 6) is 0.183. The Morgan fingerprint density at radius 3 is 3.07 bits per heavy atom. The van der Waals surface area contributed by atoms with Crippen molar-refractivity contribution in [2.24, 2.45) is 0 Å². The fraction of sp³-hybridized carbons (Fsp3) is 0.636. The lowest BCUT2D eigenvalue weighted by Crippen LogP contribution is -2.20. The second kappa shape index (κ2) is 4.57. The van der Waals surface area contributed by atoms with Gasteiger partial charge in [-0.25, -0.2) is 0 Å². The Hall–Kier alpha value is -1.16. The minimum atomic E-state index is 0.183. The van der Waals surface area contributed by atoms with Crippen LogP contribution in [0.2, 0.25) is 0 Å². The highest BCUT2D eigenvalue weighted by molar-refractivity contribution is 5.95. The van der Waals surface area contributed by atoms with Crippen molar-refractivity contribution < 1.29 is 4.79 Å². The van der Waals surface area contributed by atoms with E-state index in [9.17, 15) is 4.79 Å². The summed E-state index contributed by atoms with van der Waals surface area (Å²) in [4.78, 5) is 11.7. The van der Waals surface area contributed by atoms with Gasteiger partial charge in [0.2, 0.25) is 0 Å². The lowest BCUT2D eigenvalue weighted by atomic mass is 10.2. The third-order valence-electron chi connectivity index (χ3n) is 2.64. The molecule has 15 heavy (non-hydrogen) atoms. The first kappa shape index (κ1) is 10.4. The van der Waals surface area contributed by atoms with Gasteiger partial charge in [0.05, 0.1) is 11.8 Å². The number of nitrogens with zero attached hydrogens (tertiary/aromatic N) is 2. The predicted octanol–water partition coefficient (Wildman–Crippen LogP) is 1.23. The number of aryl methyl sites for hydroxylation is 1.